The van der Waals surface area contributed by atoms with Crippen molar-refractivity contribution >= 4 is 57.9 Å². The van der Waals surface area contributed by atoms with Crippen LogP contribution in [0.1, 0.15) is 5.56 Å². The van der Waals surface area contributed by atoms with Crippen LogP contribution in [0.2, 0.25) is 5.02 Å². The Labute approximate surface area is 168 Å². The molecule has 142 valence electrons. The Morgan fingerprint density at radius 3 is 2.57 bits per heavy atom. The number of nitro groups is 1. The number of carbonyl (C=O) groups excluding carboxylic acids is 3. The van der Waals surface area contributed by atoms with E-state index < -0.39 is 28.5 Å². The Morgan fingerprint density at radius 1 is 1.18 bits per heavy atom. The molecule has 0 unspecified atom stereocenters. The maximum absolute atomic E-state index is 12.5. The Balaban J connectivity index is 1.74. The summed E-state index contributed by atoms with van der Waals surface area (Å²) in [6.45, 7) is -0.559. The molecular weight excluding hydrogens is 406 g/mol. The van der Waals surface area contributed by atoms with Crippen LogP contribution >= 0.6 is 23.4 Å². The molecule has 3 amide bonds. The number of para-hydroxylation sites is 2. The molecule has 1 aliphatic heterocycles. The molecule has 0 bridgehead atoms. The number of imide groups is 1. The average molecular weight is 418 g/mol. The summed E-state index contributed by atoms with van der Waals surface area (Å²) >= 11 is 6.75. The van der Waals surface area contributed by atoms with Crippen molar-refractivity contribution in [2.24, 2.45) is 0 Å². The van der Waals surface area contributed by atoms with Crippen LogP contribution in [-0.2, 0) is 9.59 Å². The monoisotopic (exact) mass is 417 g/mol. The van der Waals surface area contributed by atoms with Gasteiger partial charge in [0, 0.05) is 11.1 Å². The van der Waals surface area contributed by atoms with Gasteiger partial charge in [-0.05, 0) is 35.5 Å². The molecule has 3 rings (SSSR count). The van der Waals surface area contributed by atoms with Crippen molar-refractivity contribution in [3.63, 3.8) is 0 Å². The summed E-state index contributed by atoms with van der Waals surface area (Å²) in [5, 5.41) is 13.2. The highest BCUT2D eigenvalue weighted by atomic mass is 35.5. The van der Waals surface area contributed by atoms with Crippen molar-refractivity contribution in [3.05, 3.63) is 74.1 Å². The van der Waals surface area contributed by atoms with Crippen LogP contribution in [0.5, 0.6) is 0 Å². The Bertz CT molecular complexity index is 1020. The first-order valence-electron chi connectivity index (χ1n) is 7.90. The normalized spacial score (nSPS) is 15.2. The number of nitrogens with one attached hydrogen (secondary N) is 1. The second-order valence-corrected chi connectivity index (χ2v) is 7.01. The van der Waals surface area contributed by atoms with Crippen LogP contribution in [0.3, 0.4) is 0 Å². The fraction of sp³-hybridized carbons (Fsp3) is 0.0556. The number of nitrogens with zero attached hydrogens (tertiary/aromatic N) is 2. The standard InChI is InChI=1S/C18H12ClN3O5S/c19-12-6-2-1-5-11(12)9-15-17(24)21(18(25)28-15)10-16(23)20-13-7-3-4-8-14(13)22(26)27/h1-9H,10H2,(H,20,23)/b15-9-. The third-order valence-corrected chi connectivity index (χ3v) is 4.99. The molecule has 0 aliphatic carbocycles. The maximum atomic E-state index is 12.5. The molecule has 0 aromatic heterocycles. The summed E-state index contributed by atoms with van der Waals surface area (Å²) in [5.74, 6) is -1.36. The molecule has 10 heteroatoms. The predicted octanol–water partition coefficient (Wildman–Crippen LogP) is 3.92. The van der Waals surface area contributed by atoms with Gasteiger partial charge in [-0.1, -0.05) is 41.9 Å². The molecule has 1 heterocycles. The third kappa shape index (κ3) is 4.21. The number of anilines is 1. The van der Waals surface area contributed by atoms with Crippen molar-refractivity contribution in [1.82, 2.24) is 4.90 Å². The van der Waals surface area contributed by atoms with Crippen LogP contribution in [-0.4, -0.2) is 33.4 Å². The average Bonchev–Trinajstić information content (AvgIpc) is 2.91. The number of hydrogen-bond acceptors (Lipinski definition) is 6. The highest BCUT2D eigenvalue weighted by Crippen LogP contribution is 2.33. The second kappa shape index (κ2) is 8.24. The number of benzene rings is 2. The Hall–Kier alpha value is -3.17. The molecule has 1 fully saturated rings. The first-order chi connectivity index (χ1) is 13.4. The number of carbonyl (C=O) groups is 3. The van der Waals surface area contributed by atoms with Gasteiger partial charge < -0.3 is 5.32 Å². The molecule has 28 heavy (non-hydrogen) atoms. The predicted molar refractivity (Wildman–Crippen MR) is 106 cm³/mol. The Morgan fingerprint density at radius 2 is 1.86 bits per heavy atom. The number of amides is 3. The van der Waals surface area contributed by atoms with Crippen molar-refractivity contribution < 1.29 is 19.3 Å². The van der Waals surface area contributed by atoms with Gasteiger partial charge >= 0.3 is 0 Å². The van der Waals surface area contributed by atoms with Crippen molar-refractivity contribution in [3.8, 4) is 0 Å². The van der Waals surface area contributed by atoms with E-state index in [1.807, 2.05) is 0 Å². The van der Waals surface area contributed by atoms with Crippen LogP contribution in [0.15, 0.2) is 53.4 Å². The minimum Gasteiger partial charge on any atom is -0.319 e. The summed E-state index contributed by atoms with van der Waals surface area (Å²) < 4.78 is 0. The molecule has 1 aliphatic rings. The number of nitro benzene ring substituents is 1. The Kier molecular flexibility index (Phi) is 5.76. The molecule has 0 radical (unpaired) electrons. The van der Waals surface area contributed by atoms with E-state index in [1.54, 1.807) is 24.3 Å². The van der Waals surface area contributed by atoms with Gasteiger partial charge in [-0.2, -0.15) is 0 Å². The quantitative estimate of drug-likeness (QED) is 0.448. The smallest absolute Gasteiger partial charge is 0.294 e. The number of hydrogen-bond donors (Lipinski definition) is 1. The lowest BCUT2D eigenvalue weighted by Gasteiger charge is -2.12. The third-order valence-electron chi connectivity index (χ3n) is 3.74. The van der Waals surface area contributed by atoms with E-state index in [0.717, 1.165) is 4.90 Å². The molecule has 1 saturated heterocycles. The molecule has 0 atom stereocenters. The first-order valence-corrected chi connectivity index (χ1v) is 9.09. The topological polar surface area (TPSA) is 110 Å². The maximum Gasteiger partial charge on any atom is 0.294 e. The number of thioether (sulfide) groups is 1. The van der Waals surface area contributed by atoms with E-state index in [2.05, 4.69) is 5.32 Å². The van der Waals surface area contributed by atoms with Crippen LogP contribution in [0.4, 0.5) is 16.2 Å². The van der Waals surface area contributed by atoms with Gasteiger partial charge in [0.1, 0.15) is 12.2 Å². The minimum atomic E-state index is -0.726. The zero-order valence-electron chi connectivity index (χ0n) is 14.1. The van der Waals surface area contributed by atoms with E-state index in [1.165, 1.54) is 30.3 Å². The second-order valence-electron chi connectivity index (χ2n) is 5.61. The fourth-order valence-corrected chi connectivity index (χ4v) is 3.46. The minimum absolute atomic E-state index is 0.0175. The van der Waals surface area contributed by atoms with E-state index in [9.17, 15) is 24.5 Å². The zero-order valence-corrected chi connectivity index (χ0v) is 15.7. The number of rotatable bonds is 5. The summed E-state index contributed by atoms with van der Waals surface area (Å²) in [7, 11) is 0. The van der Waals surface area contributed by atoms with E-state index in [0.29, 0.717) is 22.3 Å². The number of halogens is 1. The van der Waals surface area contributed by atoms with E-state index in [-0.39, 0.29) is 16.3 Å². The fourth-order valence-electron chi connectivity index (χ4n) is 2.44. The van der Waals surface area contributed by atoms with Gasteiger partial charge in [-0.15, -0.1) is 0 Å². The van der Waals surface area contributed by atoms with Crippen LogP contribution < -0.4 is 5.32 Å². The molecule has 0 spiro atoms. The summed E-state index contributed by atoms with van der Waals surface area (Å²) in [6, 6.07) is 12.4. The lowest BCUT2D eigenvalue weighted by Crippen LogP contribution is -2.36. The molecule has 8 nitrogen and oxygen atoms in total. The van der Waals surface area contributed by atoms with E-state index >= 15 is 0 Å². The molecule has 2 aromatic carbocycles. The first kappa shape index (κ1) is 19.6. The molecule has 0 saturated carbocycles. The van der Waals surface area contributed by atoms with Gasteiger partial charge in [-0.25, -0.2) is 0 Å². The van der Waals surface area contributed by atoms with Gasteiger partial charge in [0.25, 0.3) is 16.8 Å². The zero-order chi connectivity index (χ0) is 20.3. The van der Waals surface area contributed by atoms with Gasteiger partial charge in [0.2, 0.25) is 5.91 Å². The molecule has 1 N–H and O–H groups in total. The highest BCUT2D eigenvalue weighted by Gasteiger charge is 2.36. The molecule has 2 aromatic rings. The van der Waals surface area contributed by atoms with Crippen LogP contribution in [0, 0.1) is 10.1 Å². The lowest BCUT2D eigenvalue weighted by atomic mass is 10.2. The van der Waals surface area contributed by atoms with Gasteiger partial charge in [0.15, 0.2) is 0 Å². The highest BCUT2D eigenvalue weighted by molar-refractivity contribution is 8.18. The molecular formula is C18H12ClN3O5S. The van der Waals surface area contributed by atoms with Crippen molar-refractivity contribution in [2.75, 3.05) is 11.9 Å². The van der Waals surface area contributed by atoms with Crippen LogP contribution in [0.25, 0.3) is 6.08 Å². The summed E-state index contributed by atoms with van der Waals surface area (Å²) in [4.78, 5) is 48.1. The lowest BCUT2D eigenvalue weighted by molar-refractivity contribution is -0.383. The van der Waals surface area contributed by atoms with Crippen molar-refractivity contribution in [1.29, 1.82) is 0 Å². The summed E-state index contributed by atoms with van der Waals surface area (Å²) in [6.07, 6.45) is 1.48. The SMILES string of the molecule is O=C(CN1C(=O)S/C(=C\c2ccccc2Cl)C1=O)Nc1ccccc1[N+](=O)[O-]. The largest absolute Gasteiger partial charge is 0.319 e. The van der Waals surface area contributed by atoms with Crippen molar-refractivity contribution in [2.45, 2.75) is 0 Å². The van der Waals surface area contributed by atoms with E-state index in [4.69, 9.17) is 11.6 Å². The van der Waals surface area contributed by atoms with Gasteiger partial charge in [0.05, 0.1) is 9.83 Å². The van der Waals surface area contributed by atoms with Gasteiger partial charge in [-0.3, -0.25) is 29.4 Å². The summed E-state index contributed by atoms with van der Waals surface area (Å²) in [5.41, 5.74) is 0.263.